The van der Waals surface area contributed by atoms with Crippen molar-refractivity contribution in [3.8, 4) is 0 Å². The van der Waals surface area contributed by atoms with E-state index in [9.17, 15) is 9.59 Å². The van der Waals surface area contributed by atoms with Crippen LogP contribution in [0.1, 0.15) is 12.5 Å². The fraction of sp³-hybridized carbons (Fsp3) is 0.158. The average Bonchev–Trinajstić information content (AvgIpc) is 2.96. The molecule has 26 heavy (non-hydrogen) atoms. The first-order valence-corrected chi connectivity index (χ1v) is 8.77. The number of hydrogen-bond acceptors (Lipinski definition) is 2. The predicted molar refractivity (Wildman–Crippen MR) is 105 cm³/mol. The van der Waals surface area contributed by atoms with Gasteiger partial charge in [-0.05, 0) is 29.8 Å². The first-order valence-electron chi connectivity index (χ1n) is 8.01. The van der Waals surface area contributed by atoms with Crippen molar-refractivity contribution in [2.24, 2.45) is 0 Å². The summed E-state index contributed by atoms with van der Waals surface area (Å²) in [7, 11) is 0. The van der Waals surface area contributed by atoms with Gasteiger partial charge in [-0.15, -0.1) is 0 Å². The third-order valence-corrected chi connectivity index (χ3v) is 4.36. The fourth-order valence-electron chi connectivity index (χ4n) is 2.83. The molecule has 0 radical (unpaired) electrons. The molecule has 134 valence electrons. The number of carbonyl (C=O) groups excluding carboxylic acids is 2. The number of para-hydroxylation sites is 1. The molecule has 0 saturated carbocycles. The second-order valence-corrected chi connectivity index (χ2v) is 6.84. The van der Waals surface area contributed by atoms with Crippen LogP contribution in [0.2, 0.25) is 10.0 Å². The molecule has 3 rings (SSSR count). The maximum atomic E-state index is 12.7. The van der Waals surface area contributed by atoms with E-state index in [4.69, 9.17) is 23.2 Å². The van der Waals surface area contributed by atoms with Gasteiger partial charge < -0.3 is 15.6 Å². The van der Waals surface area contributed by atoms with Gasteiger partial charge in [-0.3, -0.25) is 9.59 Å². The molecule has 7 heteroatoms. The Kier molecular flexibility index (Phi) is 5.49. The number of halogens is 2. The molecule has 0 spiro atoms. The monoisotopic (exact) mass is 389 g/mol. The summed E-state index contributed by atoms with van der Waals surface area (Å²) in [5, 5.41) is 7.31. The molecule has 0 aliphatic rings. The van der Waals surface area contributed by atoms with Crippen molar-refractivity contribution in [2.45, 2.75) is 19.4 Å². The Morgan fingerprint density at radius 1 is 1.12 bits per heavy atom. The summed E-state index contributed by atoms with van der Waals surface area (Å²) in [6.45, 7) is 1.38. The van der Waals surface area contributed by atoms with Crippen LogP contribution in [0.3, 0.4) is 0 Å². The molecule has 3 aromatic rings. The zero-order valence-electron chi connectivity index (χ0n) is 14.0. The standard InChI is InChI=1S/C19H17Cl2N3O2/c1-11(25)23-18(6-12-10-22-17-5-3-2-4-16(12)17)19(26)24-15-8-13(20)7-14(21)9-15/h2-5,7-10,18,22H,6H2,1H3,(H,23,25)(H,24,26). The van der Waals surface area contributed by atoms with E-state index in [1.165, 1.54) is 6.92 Å². The number of nitrogens with one attached hydrogen (secondary N) is 3. The molecule has 0 fully saturated rings. The molecule has 1 heterocycles. The van der Waals surface area contributed by atoms with E-state index >= 15 is 0 Å². The second-order valence-electron chi connectivity index (χ2n) is 5.96. The summed E-state index contributed by atoms with van der Waals surface area (Å²) in [5.41, 5.74) is 2.39. The van der Waals surface area contributed by atoms with Crippen molar-refractivity contribution in [1.82, 2.24) is 10.3 Å². The van der Waals surface area contributed by atoms with Gasteiger partial charge in [-0.25, -0.2) is 0 Å². The van der Waals surface area contributed by atoms with E-state index in [-0.39, 0.29) is 11.8 Å². The number of anilines is 1. The lowest BCUT2D eigenvalue weighted by molar-refractivity contribution is -0.125. The Balaban J connectivity index is 1.83. The van der Waals surface area contributed by atoms with Crippen molar-refractivity contribution in [3.63, 3.8) is 0 Å². The molecule has 5 nitrogen and oxygen atoms in total. The Bertz CT molecular complexity index is 948. The maximum absolute atomic E-state index is 12.7. The second kappa shape index (κ2) is 7.81. The highest BCUT2D eigenvalue weighted by Crippen LogP contribution is 2.23. The van der Waals surface area contributed by atoms with Gasteiger partial charge in [-0.2, -0.15) is 0 Å². The van der Waals surface area contributed by atoms with Crippen LogP contribution in [0.4, 0.5) is 5.69 Å². The third-order valence-electron chi connectivity index (χ3n) is 3.92. The van der Waals surface area contributed by atoms with Crippen LogP contribution in [-0.4, -0.2) is 22.8 Å². The highest BCUT2D eigenvalue weighted by Gasteiger charge is 2.22. The van der Waals surface area contributed by atoms with Crippen molar-refractivity contribution < 1.29 is 9.59 Å². The van der Waals surface area contributed by atoms with Crippen LogP contribution in [0, 0.1) is 0 Å². The summed E-state index contributed by atoms with van der Waals surface area (Å²) in [6, 6.07) is 11.8. The van der Waals surface area contributed by atoms with Crippen LogP contribution in [0.15, 0.2) is 48.7 Å². The van der Waals surface area contributed by atoms with Gasteiger partial charge in [0.15, 0.2) is 0 Å². The van der Waals surface area contributed by atoms with Crippen molar-refractivity contribution >= 4 is 51.6 Å². The number of H-pyrrole nitrogens is 1. The summed E-state index contributed by atoms with van der Waals surface area (Å²) in [5.74, 6) is -0.627. The Hall–Kier alpha value is -2.50. The van der Waals surface area contributed by atoms with Crippen LogP contribution in [0.5, 0.6) is 0 Å². The average molecular weight is 390 g/mol. The van der Waals surface area contributed by atoms with E-state index in [0.29, 0.717) is 22.2 Å². The van der Waals surface area contributed by atoms with Gasteiger partial charge in [0.1, 0.15) is 6.04 Å². The molecular weight excluding hydrogens is 373 g/mol. The summed E-state index contributed by atoms with van der Waals surface area (Å²) < 4.78 is 0. The molecule has 3 N–H and O–H groups in total. The van der Waals surface area contributed by atoms with Crippen LogP contribution in [0.25, 0.3) is 10.9 Å². The molecule has 0 aliphatic heterocycles. The van der Waals surface area contributed by atoms with Gasteiger partial charge in [0.2, 0.25) is 11.8 Å². The number of amides is 2. The third kappa shape index (κ3) is 4.36. The topological polar surface area (TPSA) is 74.0 Å². The first kappa shape index (κ1) is 18.3. The summed E-state index contributed by atoms with van der Waals surface area (Å²) in [6.07, 6.45) is 2.20. The van der Waals surface area contributed by atoms with Crippen LogP contribution >= 0.6 is 23.2 Å². The molecular formula is C19H17Cl2N3O2. The lowest BCUT2D eigenvalue weighted by atomic mass is 10.0. The smallest absolute Gasteiger partial charge is 0.247 e. The fourth-order valence-corrected chi connectivity index (χ4v) is 3.36. The van der Waals surface area contributed by atoms with Gasteiger partial charge in [0.05, 0.1) is 0 Å². The van der Waals surface area contributed by atoms with Crippen molar-refractivity contribution in [3.05, 3.63) is 64.3 Å². The van der Waals surface area contributed by atoms with Crippen LogP contribution < -0.4 is 10.6 Å². The molecule has 1 aromatic heterocycles. The normalized spacial score (nSPS) is 12.0. The van der Waals surface area contributed by atoms with Crippen molar-refractivity contribution in [2.75, 3.05) is 5.32 Å². The van der Waals surface area contributed by atoms with Gasteiger partial charge in [-0.1, -0.05) is 41.4 Å². The zero-order chi connectivity index (χ0) is 18.7. The zero-order valence-corrected chi connectivity index (χ0v) is 15.5. The molecule has 1 atom stereocenters. The molecule has 2 aromatic carbocycles. The molecule has 0 saturated heterocycles. The number of aromatic nitrogens is 1. The number of carbonyl (C=O) groups is 2. The van der Waals surface area contributed by atoms with Crippen LogP contribution in [-0.2, 0) is 16.0 Å². The lowest BCUT2D eigenvalue weighted by Gasteiger charge is -2.18. The summed E-state index contributed by atoms with van der Waals surface area (Å²) in [4.78, 5) is 27.5. The highest BCUT2D eigenvalue weighted by atomic mass is 35.5. The molecule has 0 aliphatic carbocycles. The minimum absolute atomic E-state index is 0.283. The van der Waals surface area contributed by atoms with E-state index in [2.05, 4.69) is 15.6 Å². The number of hydrogen-bond donors (Lipinski definition) is 3. The Morgan fingerprint density at radius 2 is 1.81 bits per heavy atom. The SMILES string of the molecule is CC(=O)NC(Cc1c[nH]c2ccccc12)C(=O)Nc1cc(Cl)cc(Cl)c1. The van der Waals surface area contributed by atoms with Crippen molar-refractivity contribution in [1.29, 1.82) is 0 Å². The minimum atomic E-state index is -0.732. The predicted octanol–water partition coefficient (Wildman–Crippen LogP) is 4.16. The van der Waals surface area contributed by atoms with Gasteiger partial charge in [0.25, 0.3) is 0 Å². The minimum Gasteiger partial charge on any atom is -0.361 e. The lowest BCUT2D eigenvalue weighted by Crippen LogP contribution is -2.44. The van der Waals surface area contributed by atoms with E-state index in [1.54, 1.807) is 18.2 Å². The molecule has 1 unspecified atom stereocenters. The number of benzene rings is 2. The van der Waals surface area contributed by atoms with Gasteiger partial charge in [0, 0.05) is 46.2 Å². The Morgan fingerprint density at radius 3 is 2.50 bits per heavy atom. The summed E-state index contributed by atoms with van der Waals surface area (Å²) >= 11 is 11.9. The molecule has 0 bridgehead atoms. The van der Waals surface area contributed by atoms with E-state index in [1.807, 2.05) is 30.5 Å². The largest absolute Gasteiger partial charge is 0.361 e. The number of fused-ring (bicyclic) bond motifs is 1. The highest BCUT2D eigenvalue weighted by molar-refractivity contribution is 6.35. The molecule has 2 amide bonds. The number of rotatable bonds is 5. The maximum Gasteiger partial charge on any atom is 0.247 e. The van der Waals surface area contributed by atoms with E-state index < -0.39 is 6.04 Å². The quantitative estimate of drug-likeness (QED) is 0.612. The van der Waals surface area contributed by atoms with E-state index in [0.717, 1.165) is 16.5 Å². The van der Waals surface area contributed by atoms with Gasteiger partial charge >= 0.3 is 0 Å². The number of aromatic amines is 1. The first-order chi connectivity index (χ1) is 12.4. The Labute approximate surface area is 160 Å².